The van der Waals surface area contributed by atoms with Crippen LogP contribution in [0.3, 0.4) is 0 Å². The summed E-state index contributed by atoms with van der Waals surface area (Å²) in [5, 5.41) is 0.222. The Hall–Kier alpha value is -2.41. The van der Waals surface area contributed by atoms with E-state index < -0.39 is 16.4 Å². The van der Waals surface area contributed by atoms with Gasteiger partial charge in [0.15, 0.2) is 0 Å². The van der Waals surface area contributed by atoms with Crippen molar-refractivity contribution in [3.63, 3.8) is 0 Å². The van der Waals surface area contributed by atoms with E-state index in [4.69, 9.17) is 4.74 Å². The van der Waals surface area contributed by atoms with Crippen LogP contribution in [-0.2, 0) is 10.0 Å². The molecule has 7 heteroatoms. The van der Waals surface area contributed by atoms with Crippen molar-refractivity contribution in [1.29, 1.82) is 0 Å². The van der Waals surface area contributed by atoms with Gasteiger partial charge in [0.05, 0.1) is 17.5 Å². The van der Waals surface area contributed by atoms with Crippen molar-refractivity contribution in [2.75, 3.05) is 7.11 Å². The van der Waals surface area contributed by atoms with Crippen molar-refractivity contribution >= 4 is 20.9 Å². The molecule has 0 saturated carbocycles. The number of alkyl halides is 2. The standard InChI is InChI=1S/C16H13F2NO3S/c1-22-11-6-8-12(9-7-11)23(20,21)19-10-14(16(17)18)13-4-2-3-5-15(13)19/h2-10,16H,1H3. The quantitative estimate of drug-likeness (QED) is 0.727. The minimum Gasteiger partial charge on any atom is -0.497 e. The summed E-state index contributed by atoms with van der Waals surface area (Å²) in [5.74, 6) is 0.509. The van der Waals surface area contributed by atoms with E-state index in [0.29, 0.717) is 5.75 Å². The molecule has 0 aliphatic rings. The predicted octanol–water partition coefficient (Wildman–Crippen LogP) is 3.82. The number of benzene rings is 2. The first kappa shape index (κ1) is 15.5. The first-order valence-electron chi connectivity index (χ1n) is 6.73. The maximum Gasteiger partial charge on any atom is 0.268 e. The fraction of sp³-hybridized carbons (Fsp3) is 0.125. The summed E-state index contributed by atoms with van der Waals surface area (Å²) >= 11 is 0. The Morgan fingerprint density at radius 1 is 1.04 bits per heavy atom. The lowest BCUT2D eigenvalue weighted by molar-refractivity contribution is 0.153. The van der Waals surface area contributed by atoms with Gasteiger partial charge in [0.25, 0.3) is 16.4 Å². The zero-order chi connectivity index (χ0) is 16.6. The third kappa shape index (κ3) is 2.57. The molecule has 0 aliphatic carbocycles. The van der Waals surface area contributed by atoms with E-state index in [-0.39, 0.29) is 21.4 Å². The monoisotopic (exact) mass is 337 g/mol. The number of para-hydroxylation sites is 1. The summed E-state index contributed by atoms with van der Waals surface area (Å²) in [6.07, 6.45) is -1.78. The molecule has 1 heterocycles. The topological polar surface area (TPSA) is 48.3 Å². The second kappa shape index (κ2) is 5.66. The van der Waals surface area contributed by atoms with Crippen LogP contribution >= 0.6 is 0 Å². The molecule has 0 aliphatic heterocycles. The number of halogens is 2. The average molecular weight is 337 g/mol. The van der Waals surface area contributed by atoms with Crippen molar-refractivity contribution in [1.82, 2.24) is 3.97 Å². The van der Waals surface area contributed by atoms with Gasteiger partial charge in [0, 0.05) is 17.1 Å². The Morgan fingerprint density at radius 3 is 2.30 bits per heavy atom. The fourth-order valence-electron chi connectivity index (χ4n) is 2.41. The van der Waals surface area contributed by atoms with Crippen molar-refractivity contribution < 1.29 is 21.9 Å². The van der Waals surface area contributed by atoms with Gasteiger partial charge in [0.1, 0.15) is 5.75 Å². The highest BCUT2D eigenvalue weighted by molar-refractivity contribution is 7.90. The lowest BCUT2D eigenvalue weighted by Crippen LogP contribution is -2.11. The third-order valence-corrected chi connectivity index (χ3v) is 5.25. The van der Waals surface area contributed by atoms with Gasteiger partial charge in [-0.3, -0.25) is 0 Å². The number of rotatable bonds is 4. The number of hydrogen-bond acceptors (Lipinski definition) is 3. The molecule has 4 nitrogen and oxygen atoms in total. The van der Waals surface area contributed by atoms with Crippen LogP contribution in [-0.4, -0.2) is 19.5 Å². The summed E-state index contributed by atoms with van der Waals surface area (Å²) in [5.41, 5.74) is -0.0868. The maximum absolute atomic E-state index is 13.2. The van der Waals surface area contributed by atoms with Gasteiger partial charge in [0.2, 0.25) is 0 Å². The molecule has 120 valence electrons. The largest absolute Gasteiger partial charge is 0.497 e. The summed E-state index contributed by atoms with van der Waals surface area (Å²) in [6, 6.07) is 12.0. The number of aromatic nitrogens is 1. The summed E-state index contributed by atoms with van der Waals surface area (Å²) in [6.45, 7) is 0. The zero-order valence-corrected chi connectivity index (χ0v) is 12.9. The molecule has 3 aromatic rings. The lowest BCUT2D eigenvalue weighted by atomic mass is 10.2. The van der Waals surface area contributed by atoms with Crippen LogP contribution in [0.1, 0.15) is 12.0 Å². The SMILES string of the molecule is COc1ccc(S(=O)(=O)n2cc(C(F)F)c3ccccc32)cc1. The molecule has 0 unspecified atom stereocenters. The molecule has 0 saturated heterocycles. The van der Waals surface area contributed by atoms with Crippen LogP contribution in [0.4, 0.5) is 8.78 Å². The smallest absolute Gasteiger partial charge is 0.268 e. The molecule has 0 radical (unpaired) electrons. The average Bonchev–Trinajstić information content (AvgIpc) is 2.95. The van der Waals surface area contributed by atoms with E-state index in [9.17, 15) is 17.2 Å². The molecule has 0 fully saturated rings. The van der Waals surface area contributed by atoms with Crippen LogP contribution in [0.25, 0.3) is 10.9 Å². The minimum absolute atomic E-state index is 0.000121. The molecule has 1 aromatic heterocycles. The Bertz CT molecular complexity index is 947. The molecule has 3 rings (SSSR count). The second-order valence-corrected chi connectivity index (χ2v) is 6.69. The van der Waals surface area contributed by atoms with Gasteiger partial charge in [-0.2, -0.15) is 0 Å². The van der Waals surface area contributed by atoms with E-state index in [1.165, 1.54) is 43.5 Å². The van der Waals surface area contributed by atoms with Gasteiger partial charge in [-0.25, -0.2) is 21.2 Å². The van der Waals surface area contributed by atoms with Crippen LogP contribution < -0.4 is 4.74 Å². The van der Waals surface area contributed by atoms with Crippen molar-refractivity contribution in [3.05, 3.63) is 60.3 Å². The predicted molar refractivity (Wildman–Crippen MR) is 82.5 cm³/mol. The van der Waals surface area contributed by atoms with Crippen LogP contribution in [0.15, 0.2) is 59.6 Å². The first-order valence-corrected chi connectivity index (χ1v) is 8.17. The molecule has 0 atom stereocenters. The van der Waals surface area contributed by atoms with Crippen LogP contribution in [0.2, 0.25) is 0 Å². The van der Waals surface area contributed by atoms with E-state index in [1.807, 2.05) is 0 Å². The molecule has 2 aromatic carbocycles. The van der Waals surface area contributed by atoms with Crippen molar-refractivity contribution in [2.24, 2.45) is 0 Å². The number of methoxy groups -OCH3 is 1. The van der Waals surface area contributed by atoms with Crippen molar-refractivity contribution in [2.45, 2.75) is 11.3 Å². The number of nitrogens with zero attached hydrogens (tertiary/aromatic N) is 1. The van der Waals surface area contributed by atoms with Gasteiger partial charge in [-0.15, -0.1) is 0 Å². The highest BCUT2D eigenvalue weighted by atomic mass is 32.2. The second-order valence-electron chi connectivity index (χ2n) is 4.88. The highest BCUT2D eigenvalue weighted by Gasteiger charge is 2.24. The van der Waals surface area contributed by atoms with Gasteiger partial charge in [-0.1, -0.05) is 18.2 Å². The lowest BCUT2D eigenvalue weighted by Gasteiger charge is -2.08. The molecule has 23 heavy (non-hydrogen) atoms. The summed E-state index contributed by atoms with van der Waals surface area (Å²) in [7, 11) is -2.51. The Kier molecular flexibility index (Phi) is 3.81. The molecule has 0 N–H and O–H groups in total. The molecule has 0 amide bonds. The first-order chi connectivity index (χ1) is 10.9. The maximum atomic E-state index is 13.2. The summed E-state index contributed by atoms with van der Waals surface area (Å²) in [4.78, 5) is -0.000121. The van der Waals surface area contributed by atoms with Gasteiger partial charge >= 0.3 is 0 Å². The van der Waals surface area contributed by atoms with E-state index in [1.54, 1.807) is 12.1 Å². The van der Waals surface area contributed by atoms with Crippen molar-refractivity contribution in [3.8, 4) is 5.75 Å². The Balaban J connectivity index is 2.22. The Labute approximate surface area is 132 Å². The highest BCUT2D eigenvalue weighted by Crippen LogP contribution is 2.32. The molecular formula is C16H13F2NO3S. The molecular weight excluding hydrogens is 324 g/mol. The van der Waals surface area contributed by atoms with Crippen LogP contribution in [0, 0.1) is 0 Å². The van der Waals surface area contributed by atoms with E-state index >= 15 is 0 Å². The van der Waals surface area contributed by atoms with Gasteiger partial charge in [-0.05, 0) is 30.3 Å². The third-order valence-electron chi connectivity index (χ3n) is 3.56. The van der Waals surface area contributed by atoms with Crippen LogP contribution in [0.5, 0.6) is 5.75 Å². The number of hydrogen-bond donors (Lipinski definition) is 0. The molecule has 0 spiro atoms. The van der Waals surface area contributed by atoms with E-state index in [0.717, 1.165) is 10.2 Å². The minimum atomic E-state index is -3.98. The zero-order valence-electron chi connectivity index (χ0n) is 12.1. The Morgan fingerprint density at radius 2 is 1.70 bits per heavy atom. The van der Waals surface area contributed by atoms with Gasteiger partial charge < -0.3 is 4.74 Å². The molecule has 0 bridgehead atoms. The fourth-order valence-corrected chi connectivity index (χ4v) is 3.79. The normalized spacial score (nSPS) is 12.0. The number of ether oxygens (including phenoxy) is 1. The van der Waals surface area contributed by atoms with E-state index in [2.05, 4.69) is 0 Å². The summed E-state index contributed by atoms with van der Waals surface area (Å²) < 4.78 is 57.8. The number of fused-ring (bicyclic) bond motifs is 1.